The van der Waals surface area contributed by atoms with Gasteiger partial charge in [0.2, 0.25) is 0 Å². The maximum absolute atomic E-state index is 11.8. The van der Waals surface area contributed by atoms with Gasteiger partial charge in [-0.2, -0.15) is 8.42 Å². The summed E-state index contributed by atoms with van der Waals surface area (Å²) >= 11 is 0. The van der Waals surface area contributed by atoms with Crippen molar-refractivity contribution in [1.82, 2.24) is 0 Å². The predicted molar refractivity (Wildman–Crippen MR) is 61.8 cm³/mol. The van der Waals surface area contributed by atoms with Crippen molar-refractivity contribution >= 4 is 16.1 Å². The summed E-state index contributed by atoms with van der Waals surface area (Å²) in [6, 6.07) is 4.13. The van der Waals surface area contributed by atoms with Crippen LogP contribution in [0.5, 0.6) is 11.5 Å². The molecule has 0 spiro atoms. The smallest absolute Gasteiger partial charge is 0.328 e. The van der Waals surface area contributed by atoms with Crippen LogP contribution in [0.4, 0.5) is 0 Å². The van der Waals surface area contributed by atoms with Crippen LogP contribution in [-0.2, 0) is 26.1 Å². The number of carbonyl (C=O) groups excluding carboxylic acids is 1. The molecule has 98 valence electrons. The van der Waals surface area contributed by atoms with E-state index in [0.717, 1.165) is 0 Å². The van der Waals surface area contributed by atoms with E-state index in [9.17, 15) is 18.3 Å². The van der Waals surface area contributed by atoms with E-state index < -0.39 is 21.3 Å². The first-order valence-electron chi connectivity index (χ1n) is 5.36. The molecule has 1 atom stereocenters. The zero-order valence-corrected chi connectivity index (χ0v) is 10.4. The average Bonchev–Trinajstić information content (AvgIpc) is 2.26. The first-order valence-corrected chi connectivity index (χ1v) is 6.83. The lowest BCUT2D eigenvalue weighted by molar-refractivity contribution is -0.142. The van der Waals surface area contributed by atoms with Crippen LogP contribution in [0.15, 0.2) is 18.2 Å². The highest BCUT2D eigenvalue weighted by molar-refractivity contribution is 7.88. The molecular formula is C11H12O6S. The predicted octanol–water partition coefficient (Wildman–Crippen LogP) is 0.589. The molecule has 0 aromatic heterocycles. The molecule has 1 aliphatic rings. The molecule has 6 nitrogen and oxygen atoms in total. The number of benzene rings is 1. The molecule has 1 unspecified atom stereocenters. The van der Waals surface area contributed by atoms with Crippen LogP contribution < -0.4 is 4.18 Å². The second kappa shape index (κ2) is 4.49. The normalized spacial score (nSPS) is 20.6. The molecular weight excluding hydrogens is 260 g/mol. The summed E-state index contributed by atoms with van der Waals surface area (Å²) in [6.45, 7) is 1.70. The van der Waals surface area contributed by atoms with Gasteiger partial charge < -0.3 is 14.0 Å². The van der Waals surface area contributed by atoms with Crippen LogP contribution in [0.25, 0.3) is 0 Å². The molecule has 0 fully saturated rings. The summed E-state index contributed by atoms with van der Waals surface area (Å²) < 4.78 is 33.0. The Hall–Kier alpha value is -1.76. The molecule has 1 aliphatic heterocycles. The van der Waals surface area contributed by atoms with Gasteiger partial charge in [-0.25, -0.2) is 0 Å². The highest BCUT2D eigenvalue weighted by atomic mass is 32.2. The molecule has 1 aromatic carbocycles. The Morgan fingerprint density at radius 2 is 2.28 bits per heavy atom. The summed E-state index contributed by atoms with van der Waals surface area (Å²) in [5, 5.41) is 7.90. The quantitative estimate of drug-likeness (QED) is 0.626. The Labute approximate surface area is 104 Å². The number of fused-ring (bicyclic) bond motifs is 1. The molecule has 0 bridgehead atoms. The fourth-order valence-electron chi connectivity index (χ4n) is 1.71. The lowest BCUT2D eigenvalue weighted by Gasteiger charge is -2.23. The molecule has 0 amide bonds. The lowest BCUT2D eigenvalue weighted by Crippen LogP contribution is -2.39. The maximum Gasteiger partial charge on any atom is 0.328 e. The van der Waals surface area contributed by atoms with Crippen molar-refractivity contribution in [3.05, 3.63) is 23.8 Å². The van der Waals surface area contributed by atoms with Gasteiger partial charge in [-0.3, -0.25) is 4.79 Å². The average molecular weight is 272 g/mol. The first-order chi connectivity index (χ1) is 8.44. The van der Waals surface area contributed by atoms with Gasteiger partial charge in [0.1, 0.15) is 11.5 Å². The topological polar surface area (TPSA) is 89.9 Å². The molecule has 1 aromatic rings. The minimum absolute atomic E-state index is 0.0171. The number of phenols is 1. The van der Waals surface area contributed by atoms with Crippen molar-refractivity contribution in [3.8, 4) is 11.5 Å². The lowest BCUT2D eigenvalue weighted by atomic mass is 10.1. The summed E-state index contributed by atoms with van der Waals surface area (Å²) in [5.74, 6) is -0.870. The van der Waals surface area contributed by atoms with Gasteiger partial charge in [-0.15, -0.1) is 0 Å². The third kappa shape index (κ3) is 2.26. The molecule has 0 saturated carbocycles. The first kappa shape index (κ1) is 12.7. The Morgan fingerprint density at radius 3 is 2.94 bits per heavy atom. The molecule has 2 rings (SSSR count). The number of hydrogen-bond donors (Lipinski definition) is 1. The van der Waals surface area contributed by atoms with E-state index >= 15 is 0 Å². The van der Waals surface area contributed by atoms with E-state index in [1.165, 1.54) is 18.2 Å². The highest BCUT2D eigenvalue weighted by Crippen LogP contribution is 2.32. The van der Waals surface area contributed by atoms with E-state index in [1.807, 2.05) is 0 Å². The molecule has 7 heteroatoms. The monoisotopic (exact) mass is 272 g/mol. The maximum atomic E-state index is 11.8. The van der Waals surface area contributed by atoms with Crippen LogP contribution in [0, 0.1) is 0 Å². The minimum atomic E-state index is -4.06. The van der Waals surface area contributed by atoms with Crippen LogP contribution in [0.3, 0.4) is 0 Å². The third-order valence-corrected chi connectivity index (χ3v) is 4.03. The van der Waals surface area contributed by atoms with Crippen molar-refractivity contribution in [3.63, 3.8) is 0 Å². The van der Waals surface area contributed by atoms with Crippen molar-refractivity contribution in [2.75, 3.05) is 6.61 Å². The van der Waals surface area contributed by atoms with E-state index in [0.29, 0.717) is 5.56 Å². The molecule has 18 heavy (non-hydrogen) atoms. The highest BCUT2D eigenvalue weighted by Gasteiger charge is 2.40. The molecule has 0 radical (unpaired) electrons. The Kier molecular flexibility index (Phi) is 3.16. The van der Waals surface area contributed by atoms with Crippen molar-refractivity contribution < 1.29 is 27.2 Å². The van der Waals surface area contributed by atoms with Crippen LogP contribution in [0.1, 0.15) is 12.5 Å². The van der Waals surface area contributed by atoms with Gasteiger partial charge in [0.25, 0.3) is 0 Å². The van der Waals surface area contributed by atoms with Crippen LogP contribution in [0.2, 0.25) is 0 Å². The van der Waals surface area contributed by atoms with Crippen molar-refractivity contribution in [2.45, 2.75) is 18.6 Å². The Bertz CT molecular complexity index is 577. The molecule has 0 saturated heterocycles. The SMILES string of the molecule is CCOC(=O)C1Cc2ccc(O)cc2OS1(=O)=O. The van der Waals surface area contributed by atoms with E-state index in [4.69, 9.17) is 8.92 Å². The van der Waals surface area contributed by atoms with Gasteiger partial charge in [-0.05, 0) is 18.6 Å². The second-order valence-electron chi connectivity index (χ2n) is 3.81. The number of phenolic OH excluding ortho intramolecular Hbond substituents is 1. The largest absolute Gasteiger partial charge is 0.508 e. The summed E-state index contributed by atoms with van der Waals surface area (Å²) in [4.78, 5) is 11.6. The van der Waals surface area contributed by atoms with Gasteiger partial charge in [0.15, 0.2) is 5.25 Å². The Morgan fingerprint density at radius 1 is 1.56 bits per heavy atom. The third-order valence-electron chi connectivity index (χ3n) is 2.56. The zero-order chi connectivity index (χ0) is 13.3. The number of aromatic hydroxyl groups is 1. The summed E-state index contributed by atoms with van der Waals surface area (Å²) in [7, 11) is -4.06. The van der Waals surface area contributed by atoms with Gasteiger partial charge in [0, 0.05) is 12.5 Å². The Balaban J connectivity index is 2.37. The van der Waals surface area contributed by atoms with Gasteiger partial charge in [0.05, 0.1) is 6.61 Å². The number of rotatable bonds is 2. The standard InChI is InChI=1S/C11H12O6S/c1-2-16-11(13)10-5-7-3-4-8(12)6-9(7)17-18(10,14)15/h3-4,6,10,12H,2,5H2,1H3. The van der Waals surface area contributed by atoms with Gasteiger partial charge in [-0.1, -0.05) is 6.07 Å². The molecule has 1 heterocycles. The van der Waals surface area contributed by atoms with Crippen molar-refractivity contribution in [2.24, 2.45) is 0 Å². The van der Waals surface area contributed by atoms with E-state index in [-0.39, 0.29) is 24.5 Å². The van der Waals surface area contributed by atoms with Crippen molar-refractivity contribution in [1.29, 1.82) is 0 Å². The van der Waals surface area contributed by atoms with E-state index in [1.54, 1.807) is 6.92 Å². The summed E-state index contributed by atoms with van der Waals surface area (Å²) in [5.41, 5.74) is 0.542. The second-order valence-corrected chi connectivity index (χ2v) is 5.53. The fraction of sp³-hybridized carbons (Fsp3) is 0.364. The number of hydrogen-bond acceptors (Lipinski definition) is 6. The van der Waals surface area contributed by atoms with Gasteiger partial charge >= 0.3 is 16.1 Å². The molecule has 0 aliphatic carbocycles. The molecule has 1 N–H and O–H groups in total. The summed E-state index contributed by atoms with van der Waals surface area (Å²) in [6.07, 6.45) is -0.0171. The zero-order valence-electron chi connectivity index (χ0n) is 9.62. The minimum Gasteiger partial charge on any atom is -0.508 e. The fourth-order valence-corrected chi connectivity index (χ4v) is 2.92. The number of carbonyl (C=O) groups is 1. The number of esters is 1. The van der Waals surface area contributed by atoms with Crippen LogP contribution in [-0.4, -0.2) is 31.4 Å². The van der Waals surface area contributed by atoms with Crippen LogP contribution >= 0.6 is 0 Å². The number of ether oxygens (including phenoxy) is 1. The van der Waals surface area contributed by atoms with E-state index in [2.05, 4.69) is 0 Å².